The van der Waals surface area contributed by atoms with E-state index in [-0.39, 0.29) is 5.91 Å². The van der Waals surface area contributed by atoms with Gasteiger partial charge in [-0.15, -0.1) is 5.10 Å². The van der Waals surface area contributed by atoms with Gasteiger partial charge in [0, 0.05) is 5.69 Å². The van der Waals surface area contributed by atoms with Crippen molar-refractivity contribution < 1.29 is 9.18 Å². The van der Waals surface area contributed by atoms with Crippen molar-refractivity contribution in [1.82, 2.24) is 20.2 Å². The van der Waals surface area contributed by atoms with Gasteiger partial charge in [0.2, 0.25) is 11.1 Å². The monoisotopic (exact) mass is 371 g/mol. The van der Waals surface area contributed by atoms with Crippen LogP contribution < -0.4 is 5.32 Å². The van der Waals surface area contributed by atoms with Gasteiger partial charge in [0.25, 0.3) is 0 Å². The van der Waals surface area contributed by atoms with Crippen LogP contribution in [0.25, 0.3) is 5.69 Å². The Labute approximate surface area is 154 Å². The number of nitrogens with one attached hydrogen (secondary N) is 1. The minimum atomic E-state index is -0.464. The maximum Gasteiger partial charge on any atom is 0.237 e. The van der Waals surface area contributed by atoms with Crippen molar-refractivity contribution in [2.75, 3.05) is 5.32 Å². The SMILES string of the molecule is Cc1ccc(-n2nnnc2S[C@H](C)C(=O)Nc2cccc(F)c2)c(C)c1. The molecular weight excluding hydrogens is 353 g/mol. The molecule has 0 fully saturated rings. The lowest BCUT2D eigenvalue weighted by Crippen LogP contribution is -2.23. The van der Waals surface area contributed by atoms with Crippen LogP contribution in [0.1, 0.15) is 18.1 Å². The minimum absolute atomic E-state index is 0.254. The van der Waals surface area contributed by atoms with E-state index in [2.05, 4.69) is 20.8 Å². The van der Waals surface area contributed by atoms with E-state index < -0.39 is 11.1 Å². The molecule has 1 N–H and O–H groups in total. The largest absolute Gasteiger partial charge is 0.325 e. The predicted octanol–water partition coefficient (Wildman–Crippen LogP) is 3.54. The van der Waals surface area contributed by atoms with Crippen LogP contribution in [0.2, 0.25) is 0 Å². The molecule has 1 heterocycles. The molecular formula is C18H18FN5OS. The highest BCUT2D eigenvalue weighted by Gasteiger charge is 2.20. The van der Waals surface area contributed by atoms with E-state index in [0.29, 0.717) is 10.8 Å². The fraction of sp³-hybridized carbons (Fsp3) is 0.222. The third-order valence-electron chi connectivity index (χ3n) is 3.76. The maximum atomic E-state index is 13.2. The number of anilines is 1. The first-order valence-corrected chi connectivity index (χ1v) is 8.91. The second-order valence-electron chi connectivity index (χ2n) is 5.92. The summed E-state index contributed by atoms with van der Waals surface area (Å²) in [6.45, 7) is 5.75. The smallest absolute Gasteiger partial charge is 0.237 e. The summed E-state index contributed by atoms with van der Waals surface area (Å²) in [6.07, 6.45) is 0. The zero-order valence-electron chi connectivity index (χ0n) is 14.6. The lowest BCUT2D eigenvalue weighted by Gasteiger charge is -2.12. The van der Waals surface area contributed by atoms with E-state index in [1.165, 1.54) is 23.9 Å². The molecule has 0 saturated heterocycles. The Hall–Kier alpha value is -2.74. The standard InChI is InChI=1S/C18H18FN5OS/c1-11-7-8-16(12(2)9-11)24-18(21-22-23-24)26-13(3)17(25)20-15-6-4-5-14(19)10-15/h4-10,13H,1-3H3,(H,20,25)/t13-/m1/s1. The first-order valence-electron chi connectivity index (χ1n) is 8.03. The highest BCUT2D eigenvalue weighted by Crippen LogP contribution is 2.25. The zero-order chi connectivity index (χ0) is 18.7. The number of hydrogen-bond acceptors (Lipinski definition) is 5. The summed E-state index contributed by atoms with van der Waals surface area (Å²) in [5.41, 5.74) is 3.46. The Bertz CT molecular complexity index is 943. The van der Waals surface area contributed by atoms with Gasteiger partial charge in [-0.25, -0.2) is 4.39 Å². The molecule has 0 unspecified atom stereocenters. The van der Waals surface area contributed by atoms with Gasteiger partial charge in [0.1, 0.15) is 5.82 Å². The molecule has 2 aromatic carbocycles. The van der Waals surface area contributed by atoms with Crippen LogP contribution in [-0.2, 0) is 4.79 Å². The number of halogens is 1. The fourth-order valence-electron chi connectivity index (χ4n) is 2.47. The van der Waals surface area contributed by atoms with Crippen molar-refractivity contribution in [3.63, 3.8) is 0 Å². The molecule has 1 amide bonds. The first kappa shape index (κ1) is 18.1. The van der Waals surface area contributed by atoms with Gasteiger partial charge in [0.15, 0.2) is 0 Å². The second kappa shape index (κ2) is 7.65. The average molecular weight is 371 g/mol. The highest BCUT2D eigenvalue weighted by atomic mass is 32.2. The molecule has 6 nitrogen and oxygen atoms in total. The maximum absolute atomic E-state index is 13.2. The summed E-state index contributed by atoms with van der Waals surface area (Å²) in [4.78, 5) is 12.4. The van der Waals surface area contributed by atoms with Crippen molar-refractivity contribution >= 4 is 23.4 Å². The van der Waals surface area contributed by atoms with Crippen molar-refractivity contribution in [3.05, 3.63) is 59.4 Å². The van der Waals surface area contributed by atoms with E-state index in [4.69, 9.17) is 0 Å². The van der Waals surface area contributed by atoms with Gasteiger partial charge in [-0.1, -0.05) is 35.5 Å². The van der Waals surface area contributed by atoms with Gasteiger partial charge < -0.3 is 5.32 Å². The fourth-order valence-corrected chi connectivity index (χ4v) is 3.27. The molecule has 0 aliphatic carbocycles. The van der Waals surface area contributed by atoms with Crippen LogP contribution in [0.3, 0.4) is 0 Å². The normalized spacial score (nSPS) is 12.0. The van der Waals surface area contributed by atoms with E-state index in [0.717, 1.165) is 16.8 Å². The average Bonchev–Trinajstić information content (AvgIpc) is 3.02. The van der Waals surface area contributed by atoms with Crippen molar-refractivity contribution in [3.8, 4) is 5.69 Å². The summed E-state index contributed by atoms with van der Waals surface area (Å²) < 4.78 is 14.9. The van der Waals surface area contributed by atoms with E-state index >= 15 is 0 Å². The summed E-state index contributed by atoms with van der Waals surface area (Å²) in [5, 5.41) is 14.5. The molecule has 0 saturated carbocycles. The third-order valence-corrected chi connectivity index (χ3v) is 4.80. The van der Waals surface area contributed by atoms with Crippen LogP contribution in [-0.4, -0.2) is 31.4 Å². The van der Waals surface area contributed by atoms with Crippen LogP contribution in [0.4, 0.5) is 10.1 Å². The number of amides is 1. The van der Waals surface area contributed by atoms with Crippen molar-refractivity contribution in [2.24, 2.45) is 0 Å². The molecule has 134 valence electrons. The molecule has 8 heteroatoms. The number of rotatable bonds is 5. The molecule has 1 aromatic heterocycles. The minimum Gasteiger partial charge on any atom is -0.325 e. The van der Waals surface area contributed by atoms with Crippen molar-refractivity contribution in [2.45, 2.75) is 31.2 Å². The lowest BCUT2D eigenvalue weighted by molar-refractivity contribution is -0.115. The van der Waals surface area contributed by atoms with Gasteiger partial charge in [-0.05, 0) is 61.0 Å². The van der Waals surface area contributed by atoms with Crippen LogP contribution in [0.15, 0.2) is 47.6 Å². The van der Waals surface area contributed by atoms with Gasteiger partial charge in [-0.2, -0.15) is 4.68 Å². The lowest BCUT2D eigenvalue weighted by atomic mass is 10.1. The van der Waals surface area contributed by atoms with E-state index in [1.54, 1.807) is 23.7 Å². The van der Waals surface area contributed by atoms with Gasteiger partial charge in [0.05, 0.1) is 10.9 Å². The number of carbonyl (C=O) groups excluding carboxylic acids is 1. The predicted molar refractivity (Wildman–Crippen MR) is 99.0 cm³/mol. The van der Waals surface area contributed by atoms with Crippen LogP contribution >= 0.6 is 11.8 Å². The first-order chi connectivity index (χ1) is 12.4. The Balaban J connectivity index is 1.75. The Morgan fingerprint density at radius 3 is 2.77 bits per heavy atom. The van der Waals surface area contributed by atoms with Crippen molar-refractivity contribution in [1.29, 1.82) is 0 Å². The summed E-state index contributed by atoms with van der Waals surface area (Å²) in [6, 6.07) is 11.8. The number of tetrazole rings is 1. The molecule has 0 aliphatic heterocycles. The number of aromatic nitrogens is 4. The van der Waals surface area contributed by atoms with Gasteiger partial charge in [-0.3, -0.25) is 4.79 Å². The Morgan fingerprint density at radius 2 is 2.04 bits per heavy atom. The number of aryl methyl sites for hydroxylation is 2. The number of nitrogens with zero attached hydrogens (tertiary/aromatic N) is 4. The molecule has 0 radical (unpaired) electrons. The molecule has 1 atom stereocenters. The summed E-state index contributed by atoms with van der Waals surface area (Å²) in [7, 11) is 0. The van der Waals surface area contributed by atoms with E-state index in [1.807, 2.05) is 32.0 Å². The molecule has 26 heavy (non-hydrogen) atoms. The Kier molecular flexibility index (Phi) is 5.32. The topological polar surface area (TPSA) is 72.7 Å². The third kappa shape index (κ3) is 4.08. The highest BCUT2D eigenvalue weighted by molar-refractivity contribution is 8.00. The second-order valence-corrected chi connectivity index (χ2v) is 7.23. The summed E-state index contributed by atoms with van der Waals surface area (Å²) in [5.74, 6) is -0.655. The number of benzene rings is 2. The summed E-state index contributed by atoms with van der Waals surface area (Å²) >= 11 is 1.24. The number of carbonyl (C=O) groups is 1. The van der Waals surface area contributed by atoms with Gasteiger partial charge >= 0.3 is 0 Å². The van der Waals surface area contributed by atoms with Crippen LogP contribution in [0, 0.1) is 19.7 Å². The molecule has 0 spiro atoms. The van der Waals surface area contributed by atoms with Crippen LogP contribution in [0.5, 0.6) is 0 Å². The molecule has 0 aliphatic rings. The quantitative estimate of drug-likeness (QED) is 0.695. The molecule has 3 aromatic rings. The number of hydrogen-bond donors (Lipinski definition) is 1. The Morgan fingerprint density at radius 1 is 1.23 bits per heavy atom. The van der Waals surface area contributed by atoms with E-state index in [9.17, 15) is 9.18 Å². The number of thioether (sulfide) groups is 1. The molecule has 3 rings (SSSR count). The zero-order valence-corrected chi connectivity index (χ0v) is 15.4. The molecule has 0 bridgehead atoms.